The Hall–Kier alpha value is -4.59. The van der Waals surface area contributed by atoms with E-state index in [1.165, 1.54) is 0 Å². The van der Waals surface area contributed by atoms with E-state index in [4.69, 9.17) is 19.0 Å². The molecule has 1 unspecified atom stereocenters. The van der Waals surface area contributed by atoms with Crippen LogP contribution in [-0.4, -0.2) is 34.8 Å². The Morgan fingerprint density at radius 2 is 1.68 bits per heavy atom. The van der Waals surface area contributed by atoms with E-state index in [-0.39, 0.29) is 6.03 Å². The molecule has 37 heavy (non-hydrogen) atoms. The Balaban J connectivity index is 1.53. The van der Waals surface area contributed by atoms with Crippen LogP contribution in [0, 0.1) is 0 Å². The number of hydrogen-bond acceptors (Lipinski definition) is 6. The van der Waals surface area contributed by atoms with Crippen molar-refractivity contribution in [3.63, 3.8) is 0 Å². The first-order valence-electron chi connectivity index (χ1n) is 12.1. The quantitative estimate of drug-likeness (QED) is 0.330. The van der Waals surface area contributed by atoms with E-state index in [2.05, 4.69) is 10.5 Å². The Labute approximate surface area is 215 Å². The molecule has 1 N–H and O–H groups in total. The second kappa shape index (κ2) is 10.6. The van der Waals surface area contributed by atoms with E-state index in [9.17, 15) is 4.79 Å². The fourth-order valence-electron chi connectivity index (χ4n) is 4.37. The number of amides is 2. The number of rotatable bonds is 8. The van der Waals surface area contributed by atoms with Gasteiger partial charge in [0, 0.05) is 11.3 Å². The molecule has 0 saturated carbocycles. The van der Waals surface area contributed by atoms with Gasteiger partial charge in [-0.2, -0.15) is 4.98 Å². The topological polar surface area (TPSA) is 89.7 Å². The highest BCUT2D eigenvalue weighted by Crippen LogP contribution is 2.38. The van der Waals surface area contributed by atoms with Crippen LogP contribution in [-0.2, 0) is 6.54 Å². The lowest BCUT2D eigenvalue weighted by Gasteiger charge is -2.35. The van der Waals surface area contributed by atoms with Gasteiger partial charge in [-0.3, -0.25) is 4.90 Å². The normalized spacial score (nSPS) is 15.5. The number of carbonyl (C=O) groups excluding carboxylic acids is 1. The average Bonchev–Trinajstić information content (AvgIpc) is 3.42. The van der Waals surface area contributed by atoms with Crippen molar-refractivity contribution in [3.8, 4) is 22.9 Å². The summed E-state index contributed by atoms with van der Waals surface area (Å²) in [4.78, 5) is 19.7. The predicted molar refractivity (Wildman–Crippen MR) is 140 cm³/mol. The van der Waals surface area contributed by atoms with Crippen LogP contribution < -0.4 is 14.8 Å². The number of aromatic nitrogens is 2. The van der Waals surface area contributed by atoms with E-state index in [0.717, 1.165) is 39.5 Å². The second-order valence-corrected chi connectivity index (χ2v) is 8.61. The van der Waals surface area contributed by atoms with E-state index < -0.39 is 6.04 Å². The van der Waals surface area contributed by atoms with Crippen molar-refractivity contribution in [2.24, 2.45) is 0 Å². The molecule has 1 aliphatic rings. The van der Waals surface area contributed by atoms with Crippen LogP contribution >= 0.6 is 0 Å². The van der Waals surface area contributed by atoms with Crippen molar-refractivity contribution in [2.45, 2.75) is 26.4 Å². The van der Waals surface area contributed by atoms with Gasteiger partial charge >= 0.3 is 6.03 Å². The number of ether oxygens (including phenoxy) is 2. The van der Waals surface area contributed by atoms with Crippen LogP contribution in [0.3, 0.4) is 0 Å². The maximum atomic E-state index is 13.3. The van der Waals surface area contributed by atoms with Gasteiger partial charge in [0.25, 0.3) is 5.89 Å². The predicted octanol–water partition coefficient (Wildman–Crippen LogP) is 5.84. The molecule has 2 amide bonds. The second-order valence-electron chi connectivity index (χ2n) is 8.61. The summed E-state index contributed by atoms with van der Waals surface area (Å²) in [6, 6.07) is 24.3. The molecule has 4 aromatic rings. The monoisotopic (exact) mass is 496 g/mol. The molecule has 2 heterocycles. The highest BCUT2D eigenvalue weighted by Gasteiger charge is 2.35. The van der Waals surface area contributed by atoms with E-state index in [0.29, 0.717) is 24.9 Å². The third kappa shape index (κ3) is 5.04. The van der Waals surface area contributed by atoms with Crippen LogP contribution in [0.1, 0.15) is 36.9 Å². The van der Waals surface area contributed by atoms with Gasteiger partial charge in [0.15, 0.2) is 0 Å². The molecule has 0 aliphatic carbocycles. The van der Waals surface area contributed by atoms with Crippen molar-refractivity contribution in [2.75, 3.05) is 13.7 Å². The van der Waals surface area contributed by atoms with Crippen molar-refractivity contribution < 1.29 is 18.8 Å². The van der Waals surface area contributed by atoms with E-state index >= 15 is 0 Å². The molecule has 1 atom stereocenters. The van der Waals surface area contributed by atoms with E-state index in [1.54, 1.807) is 12.0 Å². The summed E-state index contributed by atoms with van der Waals surface area (Å²) in [5.74, 6) is 2.35. The summed E-state index contributed by atoms with van der Waals surface area (Å²) in [7, 11) is 1.62. The van der Waals surface area contributed by atoms with Gasteiger partial charge in [0.1, 0.15) is 11.5 Å². The molecule has 0 spiro atoms. The fourth-order valence-corrected chi connectivity index (χ4v) is 4.37. The van der Waals surface area contributed by atoms with Gasteiger partial charge in [-0.25, -0.2) is 4.79 Å². The minimum atomic E-state index is -0.436. The maximum absolute atomic E-state index is 13.3. The van der Waals surface area contributed by atoms with Gasteiger partial charge in [-0.1, -0.05) is 47.6 Å². The fraction of sp³-hybridized carbons (Fsp3) is 0.207. The molecule has 3 aromatic carbocycles. The van der Waals surface area contributed by atoms with Gasteiger partial charge < -0.3 is 19.3 Å². The minimum absolute atomic E-state index is 0.195. The number of carbonyl (C=O) groups is 1. The van der Waals surface area contributed by atoms with Gasteiger partial charge in [-0.15, -0.1) is 0 Å². The number of allylic oxidation sites excluding steroid dienone is 1. The molecule has 0 saturated heterocycles. The zero-order valence-corrected chi connectivity index (χ0v) is 21.0. The van der Waals surface area contributed by atoms with Crippen LogP contribution in [0.4, 0.5) is 4.79 Å². The maximum Gasteiger partial charge on any atom is 0.322 e. The zero-order chi connectivity index (χ0) is 25.8. The molecule has 8 nitrogen and oxygen atoms in total. The summed E-state index contributed by atoms with van der Waals surface area (Å²) in [6.45, 7) is 4.84. The molecule has 8 heteroatoms. The lowest BCUT2D eigenvalue weighted by atomic mass is 9.94. The van der Waals surface area contributed by atoms with E-state index in [1.807, 2.05) is 92.7 Å². The first-order chi connectivity index (χ1) is 18.1. The zero-order valence-electron chi connectivity index (χ0n) is 21.0. The standard InChI is InChI=1S/C29H28N4O4/c1-4-36-24-14-10-20(11-15-24)18-33-19(2)25(26(30-29(33)34)21-8-6-5-7-9-21)28-31-27(32-37-28)22-12-16-23(35-3)17-13-22/h5-17,26H,4,18H2,1-3H3,(H,30,34). The molecule has 5 rings (SSSR count). The summed E-state index contributed by atoms with van der Waals surface area (Å²) >= 11 is 0. The van der Waals surface area contributed by atoms with Crippen LogP contribution in [0.25, 0.3) is 17.0 Å². The summed E-state index contributed by atoms with van der Waals surface area (Å²) < 4.78 is 16.6. The average molecular weight is 497 g/mol. The highest BCUT2D eigenvalue weighted by atomic mass is 16.5. The third-order valence-corrected chi connectivity index (χ3v) is 6.31. The molecule has 0 bridgehead atoms. The highest BCUT2D eigenvalue weighted by molar-refractivity contribution is 5.86. The number of methoxy groups -OCH3 is 1. The van der Waals surface area contributed by atoms with Crippen molar-refractivity contribution in [1.29, 1.82) is 0 Å². The lowest BCUT2D eigenvalue weighted by Crippen LogP contribution is -2.45. The Morgan fingerprint density at radius 3 is 2.35 bits per heavy atom. The van der Waals surface area contributed by atoms with Crippen LogP contribution in [0.5, 0.6) is 11.5 Å². The number of nitrogens with zero attached hydrogens (tertiary/aromatic N) is 3. The lowest BCUT2D eigenvalue weighted by molar-refractivity contribution is 0.203. The number of benzene rings is 3. The number of nitrogens with one attached hydrogen (secondary N) is 1. The summed E-state index contributed by atoms with van der Waals surface area (Å²) in [5, 5.41) is 7.37. The first kappa shape index (κ1) is 24.1. The third-order valence-electron chi connectivity index (χ3n) is 6.31. The Morgan fingerprint density at radius 1 is 0.973 bits per heavy atom. The molecule has 1 aromatic heterocycles. The smallest absolute Gasteiger partial charge is 0.322 e. The van der Waals surface area contributed by atoms with Crippen molar-refractivity contribution in [1.82, 2.24) is 20.4 Å². The number of hydrogen-bond donors (Lipinski definition) is 1. The molecule has 0 fully saturated rings. The molecular weight excluding hydrogens is 468 g/mol. The van der Waals surface area contributed by atoms with Gasteiger partial charge in [-0.05, 0) is 61.4 Å². The Kier molecular flexibility index (Phi) is 6.89. The first-order valence-corrected chi connectivity index (χ1v) is 12.1. The molecule has 188 valence electrons. The molecular formula is C29H28N4O4. The van der Waals surface area contributed by atoms with Crippen LogP contribution in [0.15, 0.2) is 89.1 Å². The molecule has 1 aliphatic heterocycles. The van der Waals surface area contributed by atoms with Crippen molar-refractivity contribution >= 4 is 11.6 Å². The van der Waals surface area contributed by atoms with Crippen LogP contribution in [0.2, 0.25) is 0 Å². The largest absolute Gasteiger partial charge is 0.497 e. The Bertz CT molecular complexity index is 1400. The van der Waals surface area contributed by atoms with Crippen molar-refractivity contribution in [3.05, 3.63) is 102 Å². The van der Waals surface area contributed by atoms with Gasteiger partial charge in [0.05, 0.1) is 31.9 Å². The summed E-state index contributed by atoms with van der Waals surface area (Å²) in [5.41, 5.74) is 4.20. The summed E-state index contributed by atoms with van der Waals surface area (Å²) in [6.07, 6.45) is 0. The molecule has 0 radical (unpaired) electrons. The SMILES string of the molecule is CCOc1ccc(CN2C(=O)NC(c3ccccc3)C(c3nc(-c4ccc(OC)cc4)no3)=C2C)cc1. The number of urea groups is 1. The van der Waals surface area contributed by atoms with Gasteiger partial charge in [0.2, 0.25) is 5.82 Å². The minimum Gasteiger partial charge on any atom is -0.497 e.